The Kier molecular flexibility index (Phi) is 3.49. The third kappa shape index (κ3) is 3.14. The average molecular weight is 231 g/mol. The molecule has 0 bridgehead atoms. The summed E-state index contributed by atoms with van der Waals surface area (Å²) < 4.78 is 0. The second kappa shape index (κ2) is 5.25. The van der Waals surface area contributed by atoms with Crippen molar-refractivity contribution >= 4 is 11.7 Å². The van der Waals surface area contributed by atoms with Crippen molar-refractivity contribution in [2.75, 3.05) is 0 Å². The highest BCUT2D eigenvalue weighted by molar-refractivity contribution is 5.92. The molecule has 0 spiro atoms. The number of nitrogens with one attached hydrogen (secondary N) is 2. The van der Waals surface area contributed by atoms with Crippen LogP contribution in [-0.2, 0) is 4.79 Å². The van der Waals surface area contributed by atoms with E-state index in [4.69, 9.17) is 0 Å². The first-order valence-electron chi connectivity index (χ1n) is 5.46. The minimum atomic E-state index is -0.315. The number of allylic oxidation sites excluding steroid dienone is 2. The highest BCUT2D eigenvalue weighted by Crippen LogP contribution is 2.11. The molecule has 17 heavy (non-hydrogen) atoms. The fraction of sp³-hybridized carbons (Fsp3) is 0.250. The molecule has 1 aromatic rings. The number of nitrogens with zero attached hydrogens (tertiary/aromatic N) is 1. The molecule has 0 saturated carbocycles. The predicted octanol–water partition coefficient (Wildman–Crippen LogP) is 0.953. The summed E-state index contributed by atoms with van der Waals surface area (Å²) in [6.45, 7) is 0. The van der Waals surface area contributed by atoms with E-state index in [0.717, 1.165) is 18.5 Å². The minimum Gasteiger partial charge on any atom is -0.302 e. The number of ketones is 1. The van der Waals surface area contributed by atoms with Gasteiger partial charge in [-0.2, -0.15) is 0 Å². The van der Waals surface area contributed by atoms with Crippen LogP contribution in [0.5, 0.6) is 0 Å². The molecule has 0 saturated heterocycles. The van der Waals surface area contributed by atoms with Crippen LogP contribution in [0.2, 0.25) is 0 Å². The fourth-order valence-electron chi connectivity index (χ4n) is 1.59. The summed E-state index contributed by atoms with van der Waals surface area (Å²) in [6, 6.07) is 5.11. The maximum absolute atomic E-state index is 11.6. The summed E-state index contributed by atoms with van der Waals surface area (Å²) >= 11 is 0. The maximum Gasteiger partial charge on any atom is 0.288 e. The molecule has 1 amide bonds. The Labute approximate surface area is 98.9 Å². The summed E-state index contributed by atoms with van der Waals surface area (Å²) in [5.41, 5.74) is 6.35. The molecule has 1 aliphatic rings. The van der Waals surface area contributed by atoms with Crippen molar-refractivity contribution in [3.05, 3.63) is 41.9 Å². The van der Waals surface area contributed by atoms with Gasteiger partial charge in [0.2, 0.25) is 0 Å². The van der Waals surface area contributed by atoms with Gasteiger partial charge < -0.3 is 5.43 Å². The summed E-state index contributed by atoms with van der Waals surface area (Å²) in [5, 5.41) is 0. The van der Waals surface area contributed by atoms with Gasteiger partial charge in [0.1, 0.15) is 5.69 Å². The highest BCUT2D eigenvalue weighted by Gasteiger charge is 2.11. The van der Waals surface area contributed by atoms with E-state index < -0.39 is 0 Å². The molecule has 5 nitrogen and oxygen atoms in total. The van der Waals surface area contributed by atoms with Crippen molar-refractivity contribution in [2.45, 2.75) is 19.3 Å². The second-order valence-corrected chi connectivity index (χ2v) is 3.78. The van der Waals surface area contributed by atoms with Crippen LogP contribution in [0.3, 0.4) is 0 Å². The van der Waals surface area contributed by atoms with Crippen molar-refractivity contribution in [3.63, 3.8) is 0 Å². The summed E-state index contributed by atoms with van der Waals surface area (Å²) in [4.78, 5) is 26.7. The van der Waals surface area contributed by atoms with E-state index in [-0.39, 0.29) is 11.7 Å². The molecule has 2 N–H and O–H groups in total. The van der Waals surface area contributed by atoms with Gasteiger partial charge >= 0.3 is 0 Å². The first-order chi connectivity index (χ1) is 8.25. The number of hydrogen-bond acceptors (Lipinski definition) is 4. The van der Waals surface area contributed by atoms with E-state index in [1.54, 1.807) is 24.4 Å². The van der Waals surface area contributed by atoms with Crippen LogP contribution in [0.1, 0.15) is 29.8 Å². The fourth-order valence-corrected chi connectivity index (χ4v) is 1.59. The molecule has 0 unspecified atom stereocenters. The first kappa shape index (κ1) is 11.3. The normalized spacial score (nSPS) is 15.1. The first-order valence-corrected chi connectivity index (χ1v) is 5.46. The van der Waals surface area contributed by atoms with Gasteiger partial charge in [0.25, 0.3) is 5.91 Å². The molecule has 0 aromatic carbocycles. The maximum atomic E-state index is 11.6. The van der Waals surface area contributed by atoms with E-state index in [2.05, 4.69) is 15.8 Å². The minimum absolute atomic E-state index is 0.0887. The zero-order valence-corrected chi connectivity index (χ0v) is 9.27. The van der Waals surface area contributed by atoms with Crippen molar-refractivity contribution in [1.82, 2.24) is 15.8 Å². The van der Waals surface area contributed by atoms with Gasteiger partial charge in [0.15, 0.2) is 5.78 Å². The number of hydrogen-bond donors (Lipinski definition) is 2. The lowest BCUT2D eigenvalue weighted by Crippen LogP contribution is -2.38. The molecule has 2 rings (SSSR count). The Balaban J connectivity index is 1.91. The number of pyridine rings is 1. The predicted molar refractivity (Wildman–Crippen MR) is 61.8 cm³/mol. The SMILES string of the molecule is O=C1C=C(NNC(=O)c2ccccn2)CCC1. The quantitative estimate of drug-likeness (QED) is 0.760. The third-order valence-corrected chi connectivity index (χ3v) is 2.44. The zero-order valence-electron chi connectivity index (χ0n) is 9.27. The summed E-state index contributed by atoms with van der Waals surface area (Å²) in [6.07, 6.45) is 5.26. The monoisotopic (exact) mass is 231 g/mol. The van der Waals surface area contributed by atoms with Gasteiger partial charge in [-0.1, -0.05) is 6.07 Å². The van der Waals surface area contributed by atoms with Crippen LogP contribution in [0.4, 0.5) is 0 Å². The Morgan fingerprint density at radius 2 is 2.18 bits per heavy atom. The van der Waals surface area contributed by atoms with Gasteiger partial charge in [-0.15, -0.1) is 0 Å². The molecule has 88 valence electrons. The number of carbonyl (C=O) groups excluding carboxylic acids is 2. The van der Waals surface area contributed by atoms with E-state index in [9.17, 15) is 9.59 Å². The van der Waals surface area contributed by atoms with Crippen LogP contribution in [-0.4, -0.2) is 16.7 Å². The van der Waals surface area contributed by atoms with Crippen molar-refractivity contribution in [1.29, 1.82) is 0 Å². The Morgan fingerprint density at radius 1 is 1.29 bits per heavy atom. The molecule has 1 aliphatic carbocycles. The molecule has 0 aliphatic heterocycles. The molecule has 0 atom stereocenters. The lowest BCUT2D eigenvalue weighted by molar-refractivity contribution is -0.115. The smallest absolute Gasteiger partial charge is 0.288 e. The molecule has 0 radical (unpaired) electrons. The number of rotatable bonds is 3. The van der Waals surface area contributed by atoms with Crippen molar-refractivity contribution in [3.8, 4) is 0 Å². The molecule has 1 aromatic heterocycles. The standard InChI is InChI=1S/C12H13N3O2/c16-10-5-3-4-9(8-10)14-15-12(17)11-6-1-2-7-13-11/h1-2,6-8,14H,3-5H2,(H,15,17). The van der Waals surface area contributed by atoms with Crippen LogP contribution >= 0.6 is 0 Å². The van der Waals surface area contributed by atoms with E-state index in [1.807, 2.05) is 0 Å². The van der Waals surface area contributed by atoms with E-state index in [0.29, 0.717) is 12.1 Å². The average Bonchev–Trinajstić information content (AvgIpc) is 2.37. The highest BCUT2D eigenvalue weighted by atomic mass is 16.2. The molecule has 1 heterocycles. The number of carbonyl (C=O) groups is 2. The number of hydrazine groups is 1. The summed E-state index contributed by atoms with van der Waals surface area (Å²) in [5.74, 6) is -0.227. The van der Waals surface area contributed by atoms with Gasteiger partial charge in [0, 0.05) is 24.4 Å². The van der Waals surface area contributed by atoms with Crippen LogP contribution in [0.25, 0.3) is 0 Å². The van der Waals surface area contributed by atoms with Crippen LogP contribution in [0, 0.1) is 0 Å². The van der Waals surface area contributed by atoms with Crippen LogP contribution in [0.15, 0.2) is 36.2 Å². The molecular formula is C12H13N3O2. The zero-order chi connectivity index (χ0) is 12.1. The van der Waals surface area contributed by atoms with E-state index >= 15 is 0 Å². The Bertz CT molecular complexity index is 454. The molecule has 5 heteroatoms. The van der Waals surface area contributed by atoms with E-state index in [1.165, 1.54) is 6.08 Å². The Hall–Kier alpha value is -2.17. The number of amides is 1. The number of aromatic nitrogens is 1. The topological polar surface area (TPSA) is 71.1 Å². The van der Waals surface area contributed by atoms with Crippen LogP contribution < -0.4 is 10.9 Å². The second-order valence-electron chi connectivity index (χ2n) is 3.78. The van der Waals surface area contributed by atoms with Gasteiger partial charge in [0.05, 0.1) is 0 Å². The van der Waals surface area contributed by atoms with Gasteiger partial charge in [-0.25, -0.2) is 0 Å². The van der Waals surface area contributed by atoms with Gasteiger partial charge in [-0.3, -0.25) is 20.0 Å². The lowest BCUT2D eigenvalue weighted by Gasteiger charge is -2.14. The molecular weight excluding hydrogens is 218 g/mol. The Morgan fingerprint density at radius 3 is 2.88 bits per heavy atom. The van der Waals surface area contributed by atoms with Crippen molar-refractivity contribution < 1.29 is 9.59 Å². The molecule has 0 fully saturated rings. The van der Waals surface area contributed by atoms with Crippen molar-refractivity contribution in [2.24, 2.45) is 0 Å². The largest absolute Gasteiger partial charge is 0.302 e. The third-order valence-electron chi connectivity index (χ3n) is 2.44. The summed E-state index contributed by atoms with van der Waals surface area (Å²) in [7, 11) is 0. The lowest BCUT2D eigenvalue weighted by atomic mass is 10.0. The van der Waals surface area contributed by atoms with Gasteiger partial charge in [-0.05, 0) is 25.0 Å².